The van der Waals surface area contributed by atoms with Gasteiger partial charge in [0, 0.05) is 29.3 Å². The number of amides is 2. The maximum atomic E-state index is 12.5. The fraction of sp³-hybridized carbons (Fsp3) is 0.217. The Bertz CT molecular complexity index is 1020. The van der Waals surface area contributed by atoms with Gasteiger partial charge in [0.15, 0.2) is 0 Å². The Labute approximate surface area is 174 Å². The van der Waals surface area contributed by atoms with Crippen molar-refractivity contribution >= 4 is 34.5 Å². The lowest BCUT2D eigenvalue weighted by molar-refractivity contribution is -0.136. The first-order chi connectivity index (χ1) is 14.1. The van der Waals surface area contributed by atoms with Crippen LogP contribution in [0.25, 0.3) is 0 Å². The highest BCUT2D eigenvalue weighted by atomic mass is 32.1. The summed E-state index contributed by atoms with van der Waals surface area (Å²) in [4.78, 5) is 28.3. The Morgan fingerprint density at radius 2 is 1.83 bits per heavy atom. The van der Waals surface area contributed by atoms with Gasteiger partial charge >= 0.3 is 11.8 Å². The standard InChI is InChI=1S/C23H23N3O2S/c1-16-7-2-4-9-18(16)25-23(28)22(27)24-15-20(21-11-6-14-29-21)26-13-12-17-8-3-5-10-19(17)26/h2-11,14,20H,12-13,15H2,1H3,(H,24,27)(H,25,28). The smallest absolute Gasteiger partial charge is 0.313 e. The van der Waals surface area contributed by atoms with E-state index >= 15 is 0 Å². The van der Waals surface area contributed by atoms with Crippen LogP contribution in [-0.2, 0) is 16.0 Å². The first-order valence-electron chi connectivity index (χ1n) is 9.66. The van der Waals surface area contributed by atoms with E-state index in [1.54, 1.807) is 17.4 Å². The highest BCUT2D eigenvalue weighted by molar-refractivity contribution is 7.10. The molecule has 2 heterocycles. The summed E-state index contributed by atoms with van der Waals surface area (Å²) in [7, 11) is 0. The second-order valence-corrected chi connectivity index (χ2v) is 8.06. The fourth-order valence-electron chi connectivity index (χ4n) is 3.69. The Morgan fingerprint density at radius 3 is 2.62 bits per heavy atom. The molecule has 0 saturated heterocycles. The average Bonchev–Trinajstić information content (AvgIpc) is 3.40. The number of hydrogen-bond donors (Lipinski definition) is 2. The predicted octanol–water partition coefficient (Wildman–Crippen LogP) is 3.92. The van der Waals surface area contributed by atoms with Crippen LogP contribution in [0.4, 0.5) is 11.4 Å². The molecule has 1 aliphatic heterocycles. The van der Waals surface area contributed by atoms with Crippen molar-refractivity contribution in [2.45, 2.75) is 19.4 Å². The Kier molecular flexibility index (Phi) is 5.62. The monoisotopic (exact) mass is 405 g/mol. The van der Waals surface area contributed by atoms with Crippen LogP contribution in [0.3, 0.4) is 0 Å². The molecular weight excluding hydrogens is 382 g/mol. The molecule has 0 fully saturated rings. The van der Waals surface area contributed by atoms with Crippen LogP contribution in [-0.4, -0.2) is 24.9 Å². The van der Waals surface area contributed by atoms with Gasteiger partial charge in [-0.05, 0) is 48.1 Å². The summed E-state index contributed by atoms with van der Waals surface area (Å²) >= 11 is 1.66. The largest absolute Gasteiger partial charge is 0.361 e. The SMILES string of the molecule is Cc1ccccc1NC(=O)C(=O)NCC(c1cccs1)N1CCc2ccccc21. The van der Waals surface area contributed by atoms with Gasteiger partial charge in [0.2, 0.25) is 0 Å². The lowest BCUT2D eigenvalue weighted by Crippen LogP contribution is -2.41. The normalized spacial score (nSPS) is 13.6. The van der Waals surface area contributed by atoms with Crippen molar-refractivity contribution in [3.8, 4) is 0 Å². The third-order valence-electron chi connectivity index (χ3n) is 5.23. The van der Waals surface area contributed by atoms with E-state index in [9.17, 15) is 9.59 Å². The quantitative estimate of drug-likeness (QED) is 0.633. The molecule has 2 aromatic carbocycles. The van der Waals surface area contributed by atoms with Gasteiger partial charge in [0.25, 0.3) is 0 Å². The van der Waals surface area contributed by atoms with E-state index in [1.165, 1.54) is 16.1 Å². The Balaban J connectivity index is 1.46. The summed E-state index contributed by atoms with van der Waals surface area (Å²) in [6.07, 6.45) is 0.986. The highest BCUT2D eigenvalue weighted by Crippen LogP contribution is 2.36. The van der Waals surface area contributed by atoms with Crippen LogP contribution in [0.5, 0.6) is 0 Å². The molecule has 0 bridgehead atoms. The van der Waals surface area contributed by atoms with Crippen molar-refractivity contribution in [2.75, 3.05) is 23.3 Å². The lowest BCUT2D eigenvalue weighted by Gasteiger charge is -2.30. The van der Waals surface area contributed by atoms with Gasteiger partial charge in [-0.3, -0.25) is 9.59 Å². The number of benzene rings is 2. The zero-order valence-electron chi connectivity index (χ0n) is 16.2. The average molecular weight is 406 g/mol. The number of para-hydroxylation sites is 2. The molecule has 0 radical (unpaired) electrons. The van der Waals surface area contributed by atoms with E-state index in [2.05, 4.69) is 39.8 Å². The minimum absolute atomic E-state index is 0.00568. The summed E-state index contributed by atoms with van der Waals surface area (Å²) in [6.45, 7) is 3.16. The van der Waals surface area contributed by atoms with E-state index in [-0.39, 0.29) is 6.04 Å². The van der Waals surface area contributed by atoms with Gasteiger partial charge in [0.1, 0.15) is 0 Å². The topological polar surface area (TPSA) is 61.4 Å². The second-order valence-electron chi connectivity index (χ2n) is 7.08. The number of anilines is 2. The van der Waals surface area contributed by atoms with Crippen molar-refractivity contribution in [2.24, 2.45) is 0 Å². The molecular formula is C23H23N3O2S. The summed E-state index contributed by atoms with van der Waals surface area (Å²) in [5.74, 6) is -1.27. The molecule has 3 aromatic rings. The number of nitrogens with zero attached hydrogens (tertiary/aromatic N) is 1. The van der Waals surface area contributed by atoms with Gasteiger partial charge in [-0.2, -0.15) is 0 Å². The van der Waals surface area contributed by atoms with Crippen molar-refractivity contribution < 1.29 is 9.59 Å². The molecule has 148 valence electrons. The van der Waals surface area contributed by atoms with Crippen LogP contribution in [0.15, 0.2) is 66.0 Å². The van der Waals surface area contributed by atoms with Crippen molar-refractivity contribution in [1.29, 1.82) is 0 Å². The van der Waals surface area contributed by atoms with Crippen LogP contribution in [0.2, 0.25) is 0 Å². The number of carbonyl (C=O) groups is 2. The third kappa shape index (κ3) is 4.17. The molecule has 4 rings (SSSR count). The van der Waals surface area contributed by atoms with Gasteiger partial charge in [-0.15, -0.1) is 11.3 Å². The van der Waals surface area contributed by atoms with Gasteiger partial charge in [-0.1, -0.05) is 42.5 Å². The first kappa shape index (κ1) is 19.2. The minimum Gasteiger partial charge on any atom is -0.361 e. The third-order valence-corrected chi connectivity index (χ3v) is 6.20. The van der Waals surface area contributed by atoms with Crippen LogP contribution < -0.4 is 15.5 Å². The molecule has 0 spiro atoms. The Morgan fingerprint density at radius 1 is 1.03 bits per heavy atom. The van der Waals surface area contributed by atoms with E-state index < -0.39 is 11.8 Å². The summed E-state index contributed by atoms with van der Waals surface area (Å²) < 4.78 is 0. The van der Waals surface area contributed by atoms with Crippen LogP contribution in [0, 0.1) is 6.92 Å². The van der Waals surface area contributed by atoms with E-state index in [0.717, 1.165) is 18.5 Å². The fourth-order valence-corrected chi connectivity index (χ4v) is 4.53. The number of carbonyl (C=O) groups excluding carboxylic acids is 2. The molecule has 0 saturated carbocycles. The number of thiophene rings is 1. The molecule has 1 aromatic heterocycles. The van der Waals surface area contributed by atoms with Crippen molar-refractivity contribution in [1.82, 2.24) is 5.32 Å². The molecule has 0 aliphatic carbocycles. The summed E-state index contributed by atoms with van der Waals surface area (Å²) in [5.41, 5.74) is 4.08. The number of fused-ring (bicyclic) bond motifs is 1. The lowest BCUT2D eigenvalue weighted by atomic mass is 10.1. The first-order valence-corrected chi connectivity index (χ1v) is 10.5. The van der Waals surface area contributed by atoms with Crippen molar-refractivity contribution in [3.63, 3.8) is 0 Å². The van der Waals surface area contributed by atoms with Gasteiger partial charge < -0.3 is 15.5 Å². The minimum atomic E-state index is -0.647. The molecule has 2 amide bonds. The predicted molar refractivity (Wildman–Crippen MR) is 117 cm³/mol. The van der Waals surface area contributed by atoms with Crippen LogP contribution >= 0.6 is 11.3 Å². The summed E-state index contributed by atoms with van der Waals surface area (Å²) in [5, 5.41) is 7.56. The number of hydrogen-bond acceptors (Lipinski definition) is 4. The zero-order valence-corrected chi connectivity index (χ0v) is 17.0. The summed E-state index contributed by atoms with van der Waals surface area (Å²) in [6, 6.07) is 19.9. The maximum absolute atomic E-state index is 12.5. The second kappa shape index (κ2) is 8.49. The zero-order chi connectivity index (χ0) is 20.2. The molecule has 2 N–H and O–H groups in total. The number of rotatable bonds is 5. The maximum Gasteiger partial charge on any atom is 0.313 e. The highest BCUT2D eigenvalue weighted by Gasteiger charge is 2.28. The van der Waals surface area contributed by atoms with E-state index in [0.29, 0.717) is 12.2 Å². The molecule has 29 heavy (non-hydrogen) atoms. The molecule has 1 unspecified atom stereocenters. The number of nitrogens with one attached hydrogen (secondary N) is 2. The number of aryl methyl sites for hydroxylation is 1. The van der Waals surface area contributed by atoms with E-state index in [1.807, 2.05) is 42.6 Å². The Hall–Kier alpha value is -3.12. The molecule has 6 heteroatoms. The van der Waals surface area contributed by atoms with Gasteiger partial charge in [-0.25, -0.2) is 0 Å². The molecule has 1 atom stereocenters. The van der Waals surface area contributed by atoms with Crippen LogP contribution in [0.1, 0.15) is 22.0 Å². The van der Waals surface area contributed by atoms with Crippen molar-refractivity contribution in [3.05, 3.63) is 82.0 Å². The molecule has 5 nitrogen and oxygen atoms in total. The molecule has 1 aliphatic rings. The van der Waals surface area contributed by atoms with E-state index in [4.69, 9.17) is 0 Å². The van der Waals surface area contributed by atoms with Gasteiger partial charge in [0.05, 0.1) is 6.04 Å².